The monoisotopic (exact) mass is 390 g/mol. The summed E-state index contributed by atoms with van der Waals surface area (Å²) < 4.78 is 5.74. The van der Waals surface area contributed by atoms with Gasteiger partial charge < -0.3 is 15.4 Å². The Morgan fingerprint density at radius 3 is 2.25 bits per heavy atom. The molecule has 0 aliphatic heterocycles. The Balaban J connectivity index is 2.09. The zero-order valence-corrected chi connectivity index (χ0v) is 15.0. The second kappa shape index (κ2) is 8.49. The number of halogens is 1. The third kappa shape index (κ3) is 4.83. The van der Waals surface area contributed by atoms with Crippen LogP contribution in [0.4, 0.5) is 5.69 Å². The van der Waals surface area contributed by atoms with E-state index in [-0.39, 0.29) is 5.91 Å². The summed E-state index contributed by atoms with van der Waals surface area (Å²) in [4.78, 5) is 24.4. The molecule has 2 aromatic carbocycles. The number of amides is 1. The summed E-state index contributed by atoms with van der Waals surface area (Å²) in [7, 11) is 1.32. The van der Waals surface area contributed by atoms with Crippen molar-refractivity contribution in [2.75, 3.05) is 12.4 Å². The Labute approximate surface area is 149 Å². The van der Waals surface area contributed by atoms with E-state index in [0.717, 1.165) is 10.2 Å². The summed E-state index contributed by atoms with van der Waals surface area (Å²) in [6, 6.07) is 15.1. The molecule has 0 saturated heterocycles. The van der Waals surface area contributed by atoms with Crippen LogP contribution in [0.1, 0.15) is 17.3 Å². The van der Waals surface area contributed by atoms with Gasteiger partial charge in [0.2, 0.25) is 0 Å². The van der Waals surface area contributed by atoms with E-state index < -0.39 is 18.1 Å². The number of ether oxygens (including phenoxy) is 1. The van der Waals surface area contributed by atoms with Crippen molar-refractivity contribution in [1.82, 2.24) is 5.32 Å². The van der Waals surface area contributed by atoms with Crippen LogP contribution in [0, 0.1) is 0 Å². The molecule has 0 aliphatic rings. The number of hydrogen-bond donors (Lipinski definition) is 2. The minimum absolute atomic E-state index is 0.251. The predicted octanol–water partition coefficient (Wildman–Crippen LogP) is 3.22. The van der Waals surface area contributed by atoms with Gasteiger partial charge in [0.15, 0.2) is 0 Å². The molecule has 0 heterocycles. The molecular weight excluding hydrogens is 372 g/mol. The Hall–Kier alpha value is -2.34. The second-order valence-corrected chi connectivity index (χ2v) is 6.20. The third-order valence-corrected chi connectivity index (χ3v) is 4.04. The molecule has 0 spiro atoms. The summed E-state index contributed by atoms with van der Waals surface area (Å²) >= 11 is 3.33. The van der Waals surface area contributed by atoms with Gasteiger partial charge in [-0.2, -0.15) is 0 Å². The van der Waals surface area contributed by atoms with E-state index in [1.165, 1.54) is 7.11 Å². The minimum atomic E-state index is -0.697. The number of benzene rings is 2. The highest BCUT2D eigenvalue weighted by atomic mass is 79.9. The van der Waals surface area contributed by atoms with Crippen LogP contribution in [0.25, 0.3) is 0 Å². The number of carbonyl (C=O) groups is 2. The third-order valence-electron chi connectivity index (χ3n) is 3.52. The van der Waals surface area contributed by atoms with Crippen molar-refractivity contribution >= 4 is 33.5 Å². The van der Waals surface area contributed by atoms with Gasteiger partial charge in [0.05, 0.1) is 13.2 Å². The van der Waals surface area contributed by atoms with Crippen LogP contribution in [0.15, 0.2) is 59.1 Å². The van der Waals surface area contributed by atoms with Crippen molar-refractivity contribution in [2.24, 2.45) is 0 Å². The van der Waals surface area contributed by atoms with Crippen LogP contribution in [0.3, 0.4) is 0 Å². The van der Waals surface area contributed by atoms with Crippen molar-refractivity contribution in [1.29, 1.82) is 0 Å². The molecule has 5 nitrogen and oxygen atoms in total. The lowest BCUT2D eigenvalue weighted by Crippen LogP contribution is -2.49. The van der Waals surface area contributed by atoms with E-state index in [4.69, 9.17) is 4.74 Å². The molecule has 0 radical (unpaired) electrons. The average molecular weight is 391 g/mol. The number of esters is 1. The molecule has 0 unspecified atom stereocenters. The van der Waals surface area contributed by atoms with Crippen LogP contribution in [0.2, 0.25) is 0 Å². The smallest absolute Gasteiger partial charge is 0.330 e. The lowest BCUT2D eigenvalue weighted by Gasteiger charge is -2.24. The Bertz CT molecular complexity index is 689. The van der Waals surface area contributed by atoms with Gasteiger partial charge in [-0.25, -0.2) is 4.79 Å². The van der Waals surface area contributed by atoms with Gasteiger partial charge in [0, 0.05) is 15.7 Å². The maximum absolute atomic E-state index is 12.3. The molecule has 126 valence electrons. The quantitative estimate of drug-likeness (QED) is 0.743. The van der Waals surface area contributed by atoms with E-state index in [2.05, 4.69) is 26.6 Å². The van der Waals surface area contributed by atoms with Crippen LogP contribution < -0.4 is 10.6 Å². The molecule has 6 heteroatoms. The van der Waals surface area contributed by atoms with Crippen LogP contribution in [-0.2, 0) is 9.53 Å². The largest absolute Gasteiger partial charge is 0.467 e. The lowest BCUT2D eigenvalue weighted by molar-refractivity contribution is -0.142. The van der Waals surface area contributed by atoms with E-state index in [1.54, 1.807) is 31.2 Å². The maximum atomic E-state index is 12.3. The van der Waals surface area contributed by atoms with E-state index in [1.807, 2.05) is 30.3 Å². The molecule has 0 saturated carbocycles. The molecule has 0 aromatic heterocycles. The van der Waals surface area contributed by atoms with Gasteiger partial charge in [0.1, 0.15) is 6.04 Å². The molecule has 2 atom stereocenters. The average Bonchev–Trinajstić information content (AvgIpc) is 2.60. The number of para-hydroxylation sites is 1. The van der Waals surface area contributed by atoms with Gasteiger partial charge in [-0.05, 0) is 43.3 Å². The van der Waals surface area contributed by atoms with Crippen molar-refractivity contribution in [3.8, 4) is 0 Å². The first-order valence-corrected chi connectivity index (χ1v) is 8.26. The molecule has 0 aliphatic carbocycles. The first-order valence-electron chi connectivity index (χ1n) is 7.47. The molecular formula is C18H19BrN2O3. The summed E-state index contributed by atoms with van der Waals surface area (Å²) in [6.45, 7) is 1.76. The fourth-order valence-electron chi connectivity index (χ4n) is 2.20. The van der Waals surface area contributed by atoms with Crippen molar-refractivity contribution in [2.45, 2.75) is 19.0 Å². The molecule has 2 N–H and O–H groups in total. The predicted molar refractivity (Wildman–Crippen MR) is 96.9 cm³/mol. The van der Waals surface area contributed by atoms with Crippen molar-refractivity contribution in [3.05, 3.63) is 64.6 Å². The van der Waals surface area contributed by atoms with Gasteiger partial charge in [-0.1, -0.05) is 34.1 Å². The molecule has 1 amide bonds. The fourth-order valence-corrected chi connectivity index (χ4v) is 2.47. The second-order valence-electron chi connectivity index (χ2n) is 5.28. The number of rotatable bonds is 6. The zero-order valence-electron chi connectivity index (χ0n) is 13.5. The van der Waals surface area contributed by atoms with E-state index in [9.17, 15) is 9.59 Å². The van der Waals surface area contributed by atoms with Crippen molar-refractivity contribution in [3.63, 3.8) is 0 Å². The first-order chi connectivity index (χ1) is 11.5. The molecule has 24 heavy (non-hydrogen) atoms. The standard InChI is InChI=1S/C18H19BrN2O3/c1-12(20-17(22)13-8-10-14(19)11-9-13)16(18(23)24-2)21-15-6-4-3-5-7-15/h3-12,16,21H,1-2H3,(H,20,22)/t12-,16+/m0/s1. The minimum Gasteiger partial charge on any atom is -0.467 e. The van der Waals surface area contributed by atoms with Gasteiger partial charge >= 0.3 is 5.97 Å². The summed E-state index contributed by atoms with van der Waals surface area (Å²) in [5.74, 6) is -0.693. The maximum Gasteiger partial charge on any atom is 0.330 e. The Morgan fingerprint density at radius 2 is 1.67 bits per heavy atom. The van der Waals surface area contributed by atoms with E-state index >= 15 is 0 Å². The van der Waals surface area contributed by atoms with Crippen LogP contribution in [0.5, 0.6) is 0 Å². The van der Waals surface area contributed by atoms with Gasteiger partial charge in [-0.3, -0.25) is 4.79 Å². The van der Waals surface area contributed by atoms with Crippen molar-refractivity contribution < 1.29 is 14.3 Å². The summed E-state index contributed by atoms with van der Waals surface area (Å²) in [6.07, 6.45) is 0. The number of hydrogen-bond acceptors (Lipinski definition) is 4. The number of methoxy groups -OCH3 is 1. The number of carbonyl (C=O) groups excluding carboxylic acids is 2. The highest BCUT2D eigenvalue weighted by Crippen LogP contribution is 2.13. The zero-order chi connectivity index (χ0) is 17.5. The summed E-state index contributed by atoms with van der Waals surface area (Å²) in [5.41, 5.74) is 1.30. The Morgan fingerprint density at radius 1 is 1.04 bits per heavy atom. The Kier molecular flexibility index (Phi) is 6.37. The number of anilines is 1. The topological polar surface area (TPSA) is 67.4 Å². The highest BCUT2D eigenvalue weighted by molar-refractivity contribution is 9.10. The van der Waals surface area contributed by atoms with Gasteiger partial charge in [0.25, 0.3) is 5.91 Å². The molecule has 2 aromatic rings. The fraction of sp³-hybridized carbons (Fsp3) is 0.222. The first kappa shape index (κ1) is 18.0. The SMILES string of the molecule is COC(=O)[C@H](Nc1ccccc1)[C@H](C)NC(=O)c1ccc(Br)cc1. The highest BCUT2D eigenvalue weighted by Gasteiger charge is 2.27. The summed E-state index contributed by atoms with van der Waals surface area (Å²) in [5, 5.41) is 5.93. The lowest BCUT2D eigenvalue weighted by atomic mass is 10.1. The van der Waals surface area contributed by atoms with Gasteiger partial charge in [-0.15, -0.1) is 0 Å². The normalized spacial score (nSPS) is 12.8. The molecule has 2 rings (SSSR count). The van der Waals surface area contributed by atoms with Crippen LogP contribution >= 0.6 is 15.9 Å². The van der Waals surface area contributed by atoms with E-state index in [0.29, 0.717) is 5.56 Å². The van der Waals surface area contributed by atoms with Crippen LogP contribution in [-0.4, -0.2) is 31.1 Å². The molecule has 0 fully saturated rings. The number of nitrogens with one attached hydrogen (secondary N) is 2. The molecule has 0 bridgehead atoms.